The Bertz CT molecular complexity index is 1230. The van der Waals surface area contributed by atoms with E-state index in [-0.39, 0.29) is 28.4 Å². The number of carbonyl (C=O) groups excluding carboxylic acids is 2. The maximum Gasteiger partial charge on any atom is 0.343 e. The van der Waals surface area contributed by atoms with Gasteiger partial charge >= 0.3 is 5.97 Å². The van der Waals surface area contributed by atoms with Gasteiger partial charge in [-0.25, -0.2) is 10.2 Å². The van der Waals surface area contributed by atoms with Crippen molar-refractivity contribution < 1.29 is 38.4 Å². The average Bonchev–Trinajstić information content (AvgIpc) is 2.88. The first-order chi connectivity index (χ1) is 16.9. The summed E-state index contributed by atoms with van der Waals surface area (Å²) in [7, 11) is 5.78. The van der Waals surface area contributed by atoms with Crippen LogP contribution in [-0.4, -0.2) is 51.6 Å². The number of para-hydroxylation sites is 1. The van der Waals surface area contributed by atoms with Gasteiger partial charge in [-0.2, -0.15) is 5.10 Å². The number of methoxy groups -OCH3 is 4. The van der Waals surface area contributed by atoms with Crippen LogP contribution < -0.4 is 29.1 Å². The van der Waals surface area contributed by atoms with E-state index in [2.05, 4.69) is 10.5 Å². The predicted molar refractivity (Wildman–Crippen MR) is 127 cm³/mol. The molecule has 182 valence electrons. The molecular formula is C25H24N2O8. The molecule has 0 bridgehead atoms. The van der Waals surface area contributed by atoms with Gasteiger partial charge in [-0.1, -0.05) is 12.1 Å². The fourth-order valence-electron chi connectivity index (χ4n) is 3.10. The number of phenolic OH excluding ortho intramolecular Hbond substituents is 1. The minimum absolute atomic E-state index is 0.0938. The van der Waals surface area contributed by atoms with Crippen molar-refractivity contribution in [3.63, 3.8) is 0 Å². The van der Waals surface area contributed by atoms with Gasteiger partial charge < -0.3 is 28.8 Å². The second kappa shape index (κ2) is 11.4. The number of carbonyl (C=O) groups is 2. The molecule has 10 heteroatoms. The molecule has 0 saturated carbocycles. The Morgan fingerprint density at radius 3 is 2.09 bits per heavy atom. The van der Waals surface area contributed by atoms with Crippen molar-refractivity contribution >= 4 is 18.1 Å². The number of benzene rings is 3. The number of hydrazone groups is 1. The molecule has 0 spiro atoms. The number of rotatable bonds is 9. The molecule has 2 N–H and O–H groups in total. The summed E-state index contributed by atoms with van der Waals surface area (Å²) in [6.45, 7) is 0. The second-order valence-corrected chi connectivity index (χ2v) is 6.93. The summed E-state index contributed by atoms with van der Waals surface area (Å²) in [6, 6.07) is 13.8. The maximum absolute atomic E-state index is 12.8. The smallest absolute Gasteiger partial charge is 0.343 e. The van der Waals surface area contributed by atoms with Gasteiger partial charge in [0.05, 0.1) is 45.8 Å². The first-order valence-electron chi connectivity index (χ1n) is 10.2. The molecule has 3 rings (SSSR count). The second-order valence-electron chi connectivity index (χ2n) is 6.93. The van der Waals surface area contributed by atoms with Gasteiger partial charge in [0.25, 0.3) is 5.91 Å². The zero-order valence-corrected chi connectivity index (χ0v) is 19.5. The molecule has 0 aliphatic heterocycles. The van der Waals surface area contributed by atoms with E-state index in [4.69, 9.17) is 23.7 Å². The highest BCUT2D eigenvalue weighted by atomic mass is 16.6. The fraction of sp³-hybridized carbons (Fsp3) is 0.160. The molecule has 10 nitrogen and oxygen atoms in total. The number of ether oxygens (including phenoxy) is 5. The number of esters is 1. The van der Waals surface area contributed by atoms with Crippen LogP contribution in [0.4, 0.5) is 0 Å². The number of hydrogen-bond donors (Lipinski definition) is 2. The first kappa shape index (κ1) is 24.9. The van der Waals surface area contributed by atoms with Crippen molar-refractivity contribution in [3.8, 4) is 34.5 Å². The quantitative estimate of drug-likeness (QED) is 0.207. The van der Waals surface area contributed by atoms with Crippen LogP contribution in [-0.2, 0) is 0 Å². The van der Waals surface area contributed by atoms with Gasteiger partial charge in [-0.15, -0.1) is 0 Å². The molecule has 0 heterocycles. The third-order valence-electron chi connectivity index (χ3n) is 4.82. The monoisotopic (exact) mass is 480 g/mol. The van der Waals surface area contributed by atoms with Crippen molar-refractivity contribution in [2.24, 2.45) is 5.10 Å². The minimum atomic E-state index is -0.668. The molecule has 0 aliphatic rings. The summed E-state index contributed by atoms with van der Waals surface area (Å²) in [4.78, 5) is 24.9. The highest BCUT2D eigenvalue weighted by Gasteiger charge is 2.19. The molecule has 3 aromatic carbocycles. The van der Waals surface area contributed by atoms with E-state index < -0.39 is 11.9 Å². The molecule has 0 aromatic heterocycles. The number of aromatic hydroxyl groups is 1. The van der Waals surface area contributed by atoms with E-state index in [0.29, 0.717) is 22.8 Å². The molecule has 0 unspecified atom stereocenters. The van der Waals surface area contributed by atoms with Crippen LogP contribution >= 0.6 is 0 Å². The topological polar surface area (TPSA) is 125 Å². The van der Waals surface area contributed by atoms with E-state index in [1.165, 1.54) is 65.0 Å². The number of nitrogens with zero attached hydrogens (tertiary/aromatic N) is 1. The van der Waals surface area contributed by atoms with E-state index >= 15 is 0 Å². The van der Waals surface area contributed by atoms with Crippen molar-refractivity contribution in [2.75, 3.05) is 28.4 Å². The summed E-state index contributed by atoms with van der Waals surface area (Å²) in [5.41, 5.74) is 3.17. The Kier molecular flexibility index (Phi) is 8.12. The Hall–Kier alpha value is -4.73. The van der Waals surface area contributed by atoms with E-state index in [1.54, 1.807) is 24.3 Å². The van der Waals surface area contributed by atoms with E-state index in [0.717, 1.165) is 0 Å². The summed E-state index contributed by atoms with van der Waals surface area (Å²) in [5, 5.41) is 13.6. The first-order valence-corrected chi connectivity index (χ1v) is 10.2. The van der Waals surface area contributed by atoms with Crippen LogP contribution in [0.15, 0.2) is 59.7 Å². The van der Waals surface area contributed by atoms with Crippen LogP contribution in [0.5, 0.6) is 34.5 Å². The molecule has 35 heavy (non-hydrogen) atoms. The summed E-state index contributed by atoms with van der Waals surface area (Å²) in [5.74, 6) is 0.0124. The van der Waals surface area contributed by atoms with Crippen molar-refractivity contribution in [2.45, 2.75) is 0 Å². The molecule has 0 radical (unpaired) electrons. The van der Waals surface area contributed by atoms with Crippen LogP contribution in [0.3, 0.4) is 0 Å². The SMILES string of the molecule is COc1cc(C=NNC(=O)c2ccccc2O)ccc1OC(=O)c1cc(OC)c(OC)c(OC)c1. The summed E-state index contributed by atoms with van der Waals surface area (Å²) in [6.07, 6.45) is 1.38. The Morgan fingerprint density at radius 1 is 0.829 bits per heavy atom. The third-order valence-corrected chi connectivity index (χ3v) is 4.82. The van der Waals surface area contributed by atoms with Gasteiger partial charge in [0.15, 0.2) is 23.0 Å². The summed E-state index contributed by atoms with van der Waals surface area (Å²) < 4.78 is 26.7. The number of phenols is 1. The summed E-state index contributed by atoms with van der Waals surface area (Å²) >= 11 is 0. The van der Waals surface area contributed by atoms with Crippen molar-refractivity contribution in [1.29, 1.82) is 0 Å². The lowest BCUT2D eigenvalue weighted by molar-refractivity contribution is 0.0728. The fourth-order valence-corrected chi connectivity index (χ4v) is 3.10. The zero-order chi connectivity index (χ0) is 25.4. The van der Waals surface area contributed by atoms with Gasteiger partial charge in [0.1, 0.15) is 5.75 Å². The van der Waals surface area contributed by atoms with Gasteiger partial charge in [0.2, 0.25) is 5.75 Å². The van der Waals surface area contributed by atoms with Gasteiger partial charge in [-0.05, 0) is 48.0 Å². The largest absolute Gasteiger partial charge is 0.507 e. The predicted octanol–water partition coefficient (Wildman–Crippen LogP) is 3.41. The maximum atomic E-state index is 12.8. The standard InChI is InChI=1S/C25H24N2O8/c1-31-20-11-15(14-26-27-24(29)17-7-5-6-8-18(17)28)9-10-19(20)35-25(30)16-12-21(32-2)23(34-4)22(13-16)33-3/h5-14,28H,1-4H3,(H,27,29). The number of hydrogen-bond acceptors (Lipinski definition) is 9. The lowest BCUT2D eigenvalue weighted by Crippen LogP contribution is -2.17. The molecule has 3 aromatic rings. The number of nitrogens with one attached hydrogen (secondary N) is 1. The lowest BCUT2D eigenvalue weighted by atomic mass is 10.1. The van der Waals surface area contributed by atoms with Gasteiger partial charge in [-0.3, -0.25) is 4.79 Å². The molecule has 1 amide bonds. The molecule has 0 aliphatic carbocycles. The average molecular weight is 480 g/mol. The minimum Gasteiger partial charge on any atom is -0.507 e. The molecular weight excluding hydrogens is 456 g/mol. The Labute approximate surface area is 201 Å². The zero-order valence-electron chi connectivity index (χ0n) is 19.5. The van der Waals surface area contributed by atoms with Crippen LogP contribution in [0.2, 0.25) is 0 Å². The van der Waals surface area contributed by atoms with Crippen molar-refractivity contribution in [3.05, 3.63) is 71.3 Å². The van der Waals surface area contributed by atoms with Crippen LogP contribution in [0.25, 0.3) is 0 Å². The molecule has 0 fully saturated rings. The Balaban J connectivity index is 1.75. The highest BCUT2D eigenvalue weighted by molar-refractivity contribution is 5.97. The van der Waals surface area contributed by atoms with E-state index in [9.17, 15) is 14.7 Å². The van der Waals surface area contributed by atoms with Crippen LogP contribution in [0.1, 0.15) is 26.3 Å². The number of amides is 1. The molecule has 0 saturated heterocycles. The van der Waals surface area contributed by atoms with Crippen molar-refractivity contribution in [1.82, 2.24) is 5.43 Å². The normalized spacial score (nSPS) is 10.5. The molecule has 0 atom stereocenters. The highest BCUT2D eigenvalue weighted by Crippen LogP contribution is 2.38. The van der Waals surface area contributed by atoms with E-state index in [1.807, 2.05) is 0 Å². The lowest BCUT2D eigenvalue weighted by Gasteiger charge is -2.14. The van der Waals surface area contributed by atoms with Crippen LogP contribution in [0, 0.1) is 0 Å². The Morgan fingerprint density at radius 2 is 1.49 bits per heavy atom. The van der Waals surface area contributed by atoms with Gasteiger partial charge in [0, 0.05) is 0 Å². The third kappa shape index (κ3) is 5.80.